The Morgan fingerprint density at radius 1 is 0.842 bits per heavy atom. The molecule has 0 radical (unpaired) electrons. The first-order chi connectivity index (χ1) is 9.40. The lowest BCUT2D eigenvalue weighted by Crippen LogP contribution is -2.46. The van der Waals surface area contributed by atoms with Crippen LogP contribution < -0.4 is 4.90 Å². The molecule has 0 bridgehead atoms. The number of hydrogen-bond acceptors (Lipinski definition) is 3. The Morgan fingerprint density at radius 2 is 1.53 bits per heavy atom. The van der Waals surface area contributed by atoms with E-state index in [1.54, 1.807) is 0 Å². The first kappa shape index (κ1) is 14.4. The van der Waals surface area contributed by atoms with E-state index >= 15 is 0 Å². The van der Waals surface area contributed by atoms with Gasteiger partial charge < -0.3 is 10.0 Å². The van der Waals surface area contributed by atoms with Crippen LogP contribution >= 0.6 is 0 Å². The molecule has 19 heavy (non-hydrogen) atoms. The molecule has 0 unspecified atom stereocenters. The summed E-state index contributed by atoms with van der Waals surface area (Å²) in [5, 5.41) is 8.74. The highest BCUT2D eigenvalue weighted by molar-refractivity contribution is 5.46. The molecule has 0 aliphatic carbocycles. The summed E-state index contributed by atoms with van der Waals surface area (Å²) in [6.07, 6.45) is 4.65. The van der Waals surface area contributed by atoms with Crippen molar-refractivity contribution in [2.75, 3.05) is 44.2 Å². The minimum Gasteiger partial charge on any atom is -0.396 e. The summed E-state index contributed by atoms with van der Waals surface area (Å²) in [7, 11) is 0. The van der Waals surface area contributed by atoms with Gasteiger partial charge in [0.2, 0.25) is 0 Å². The van der Waals surface area contributed by atoms with Crippen molar-refractivity contribution in [3.05, 3.63) is 30.3 Å². The fourth-order valence-corrected chi connectivity index (χ4v) is 2.67. The normalized spacial score (nSPS) is 16.8. The third-order valence-corrected chi connectivity index (χ3v) is 3.88. The molecule has 0 spiro atoms. The van der Waals surface area contributed by atoms with Gasteiger partial charge in [-0.1, -0.05) is 31.0 Å². The van der Waals surface area contributed by atoms with Gasteiger partial charge in [0.25, 0.3) is 0 Å². The zero-order valence-corrected chi connectivity index (χ0v) is 11.8. The number of unbranched alkanes of at least 4 members (excludes halogenated alkanes) is 3. The molecular formula is C16H26N2O. The predicted octanol–water partition coefficient (Wildman–Crippen LogP) is 2.36. The monoisotopic (exact) mass is 262 g/mol. The predicted molar refractivity (Wildman–Crippen MR) is 80.6 cm³/mol. The number of hydrogen-bond donors (Lipinski definition) is 1. The van der Waals surface area contributed by atoms with E-state index in [1.165, 1.54) is 44.6 Å². The molecule has 1 saturated heterocycles. The molecule has 0 amide bonds. The lowest BCUT2D eigenvalue weighted by molar-refractivity contribution is 0.247. The van der Waals surface area contributed by atoms with E-state index < -0.39 is 0 Å². The minimum absolute atomic E-state index is 0.343. The molecule has 0 aromatic heterocycles. The van der Waals surface area contributed by atoms with E-state index in [0.29, 0.717) is 6.61 Å². The second-order valence-electron chi connectivity index (χ2n) is 5.30. The largest absolute Gasteiger partial charge is 0.396 e. The summed E-state index contributed by atoms with van der Waals surface area (Å²) in [5.74, 6) is 0. The van der Waals surface area contributed by atoms with E-state index in [2.05, 4.69) is 40.1 Å². The molecule has 1 heterocycles. The van der Waals surface area contributed by atoms with Crippen molar-refractivity contribution in [1.29, 1.82) is 0 Å². The van der Waals surface area contributed by atoms with Gasteiger partial charge in [-0.25, -0.2) is 0 Å². The number of aliphatic hydroxyl groups excluding tert-OH is 1. The number of anilines is 1. The van der Waals surface area contributed by atoms with E-state index in [-0.39, 0.29) is 0 Å². The Bertz CT molecular complexity index is 334. The SMILES string of the molecule is OCCCCCCN1CCN(c2ccccc2)CC1. The molecule has 3 heteroatoms. The molecule has 1 aliphatic heterocycles. The minimum atomic E-state index is 0.343. The third-order valence-electron chi connectivity index (χ3n) is 3.88. The molecule has 1 aliphatic rings. The zero-order valence-electron chi connectivity index (χ0n) is 11.8. The average molecular weight is 262 g/mol. The lowest BCUT2D eigenvalue weighted by Gasteiger charge is -2.36. The summed E-state index contributed by atoms with van der Waals surface area (Å²) >= 11 is 0. The first-order valence-electron chi connectivity index (χ1n) is 7.53. The molecule has 0 atom stereocenters. The van der Waals surface area contributed by atoms with Gasteiger partial charge in [0.05, 0.1) is 0 Å². The standard InChI is InChI=1S/C16H26N2O/c19-15-7-2-1-6-10-17-11-13-18(14-12-17)16-8-4-3-5-9-16/h3-5,8-9,19H,1-2,6-7,10-15H2. The fourth-order valence-electron chi connectivity index (χ4n) is 2.67. The van der Waals surface area contributed by atoms with Gasteiger partial charge in [-0.05, 0) is 31.5 Å². The van der Waals surface area contributed by atoms with Crippen molar-refractivity contribution in [1.82, 2.24) is 4.90 Å². The molecule has 1 fully saturated rings. The molecule has 1 N–H and O–H groups in total. The quantitative estimate of drug-likeness (QED) is 0.764. The Balaban J connectivity index is 1.63. The van der Waals surface area contributed by atoms with Crippen molar-refractivity contribution in [3.63, 3.8) is 0 Å². The number of rotatable bonds is 7. The maximum absolute atomic E-state index is 8.74. The van der Waals surface area contributed by atoms with Crippen molar-refractivity contribution >= 4 is 5.69 Å². The van der Waals surface area contributed by atoms with Crippen LogP contribution in [0.5, 0.6) is 0 Å². The van der Waals surface area contributed by atoms with Crippen molar-refractivity contribution in [3.8, 4) is 0 Å². The molecule has 1 aromatic rings. The Kier molecular flexibility index (Phi) is 6.18. The number of piperazine rings is 1. The zero-order chi connectivity index (χ0) is 13.3. The second-order valence-corrected chi connectivity index (χ2v) is 5.30. The van der Waals surface area contributed by atoms with E-state index in [9.17, 15) is 0 Å². The maximum Gasteiger partial charge on any atom is 0.0431 e. The van der Waals surface area contributed by atoms with Crippen LogP contribution in [0.3, 0.4) is 0 Å². The van der Waals surface area contributed by atoms with Gasteiger partial charge >= 0.3 is 0 Å². The number of aliphatic hydroxyl groups is 1. The molecule has 1 aromatic carbocycles. The number of para-hydroxylation sites is 1. The topological polar surface area (TPSA) is 26.7 Å². The highest BCUT2D eigenvalue weighted by Gasteiger charge is 2.16. The Hall–Kier alpha value is -1.06. The maximum atomic E-state index is 8.74. The summed E-state index contributed by atoms with van der Waals surface area (Å²) < 4.78 is 0. The Morgan fingerprint density at radius 3 is 2.21 bits per heavy atom. The van der Waals surface area contributed by atoms with Crippen LogP contribution in [0.15, 0.2) is 30.3 Å². The lowest BCUT2D eigenvalue weighted by atomic mass is 10.2. The van der Waals surface area contributed by atoms with Crippen molar-refractivity contribution < 1.29 is 5.11 Å². The fraction of sp³-hybridized carbons (Fsp3) is 0.625. The molecule has 3 nitrogen and oxygen atoms in total. The summed E-state index contributed by atoms with van der Waals surface area (Å²) in [4.78, 5) is 5.04. The van der Waals surface area contributed by atoms with E-state index in [0.717, 1.165) is 19.5 Å². The number of nitrogens with zero attached hydrogens (tertiary/aromatic N) is 2. The van der Waals surface area contributed by atoms with Crippen LogP contribution in [0, 0.1) is 0 Å². The van der Waals surface area contributed by atoms with E-state index in [1.807, 2.05) is 0 Å². The molecule has 2 rings (SSSR count). The number of benzene rings is 1. The highest BCUT2D eigenvalue weighted by atomic mass is 16.2. The van der Waals surface area contributed by atoms with Gasteiger partial charge in [0.15, 0.2) is 0 Å². The van der Waals surface area contributed by atoms with Crippen molar-refractivity contribution in [2.24, 2.45) is 0 Å². The smallest absolute Gasteiger partial charge is 0.0431 e. The van der Waals surface area contributed by atoms with Crippen LogP contribution in [-0.4, -0.2) is 49.3 Å². The van der Waals surface area contributed by atoms with Crippen LogP contribution in [0.1, 0.15) is 25.7 Å². The van der Waals surface area contributed by atoms with E-state index in [4.69, 9.17) is 5.11 Å². The van der Waals surface area contributed by atoms with Crippen LogP contribution in [0.4, 0.5) is 5.69 Å². The molecular weight excluding hydrogens is 236 g/mol. The van der Waals surface area contributed by atoms with Crippen LogP contribution in [0.2, 0.25) is 0 Å². The molecule has 0 saturated carbocycles. The van der Waals surface area contributed by atoms with Gasteiger partial charge in [-0.15, -0.1) is 0 Å². The van der Waals surface area contributed by atoms with Crippen molar-refractivity contribution in [2.45, 2.75) is 25.7 Å². The second kappa shape index (κ2) is 8.18. The summed E-state index contributed by atoms with van der Waals surface area (Å²) in [6, 6.07) is 10.7. The highest BCUT2D eigenvalue weighted by Crippen LogP contribution is 2.15. The van der Waals surface area contributed by atoms with Gasteiger partial charge in [-0.2, -0.15) is 0 Å². The summed E-state index contributed by atoms with van der Waals surface area (Å²) in [6.45, 7) is 6.19. The van der Waals surface area contributed by atoms with Crippen LogP contribution in [0.25, 0.3) is 0 Å². The van der Waals surface area contributed by atoms with Gasteiger partial charge in [-0.3, -0.25) is 4.90 Å². The van der Waals surface area contributed by atoms with Gasteiger partial charge in [0, 0.05) is 38.5 Å². The third kappa shape index (κ3) is 4.84. The average Bonchev–Trinajstić information content (AvgIpc) is 2.49. The Labute approximate surface area is 116 Å². The summed E-state index contributed by atoms with van der Waals surface area (Å²) in [5.41, 5.74) is 1.35. The first-order valence-corrected chi connectivity index (χ1v) is 7.53. The van der Waals surface area contributed by atoms with Gasteiger partial charge in [0.1, 0.15) is 0 Å². The van der Waals surface area contributed by atoms with Crippen LogP contribution in [-0.2, 0) is 0 Å². The molecule has 106 valence electrons.